The number of hydrogen-bond donors (Lipinski definition) is 2. The molecule has 0 radical (unpaired) electrons. The monoisotopic (exact) mass is 638 g/mol. The largest absolute Gasteiger partial charge is 0.497 e. The number of H-pyrrole nitrogens is 1. The van der Waals surface area contributed by atoms with Crippen molar-refractivity contribution < 1.29 is 24.1 Å². The van der Waals surface area contributed by atoms with Gasteiger partial charge in [0.1, 0.15) is 35.3 Å². The molecule has 12 nitrogen and oxygen atoms in total. The fourth-order valence-corrected chi connectivity index (χ4v) is 5.79. The summed E-state index contributed by atoms with van der Waals surface area (Å²) in [6.45, 7) is 1.87. The van der Waals surface area contributed by atoms with Gasteiger partial charge in [0.2, 0.25) is 0 Å². The third kappa shape index (κ3) is 6.22. The van der Waals surface area contributed by atoms with Gasteiger partial charge in [-0.05, 0) is 47.9 Å². The molecule has 1 fully saturated rings. The highest BCUT2D eigenvalue weighted by atomic mass is 16.6. The molecule has 0 spiro atoms. The number of aliphatic hydroxyl groups excluding tert-OH is 1. The molecule has 1 aliphatic rings. The number of aliphatic imine (C=N–C) groups is 1. The number of nitrogens with one attached hydrogen (secondary N) is 1. The van der Waals surface area contributed by atoms with Gasteiger partial charge >= 0.3 is 5.69 Å². The van der Waals surface area contributed by atoms with E-state index in [1.807, 2.05) is 105 Å². The van der Waals surface area contributed by atoms with Crippen molar-refractivity contribution >= 4 is 22.8 Å². The summed E-state index contributed by atoms with van der Waals surface area (Å²) in [7, 11) is 6.98. The van der Waals surface area contributed by atoms with Gasteiger partial charge in [-0.3, -0.25) is 9.55 Å². The fourth-order valence-electron chi connectivity index (χ4n) is 5.79. The SMILES string of the molecule is COc1ccc(C(OC[C@H]2O[C@@H](n3cnc4c(/N=C(\C)N(C)C)[nH]c(=O)nc43)C[C@@H]2O)(c2ccccc2)c2ccc(OC)cc2)cc1. The first-order valence-electron chi connectivity index (χ1n) is 15.2. The normalized spacial score (nSPS) is 18.4. The molecule has 0 saturated carbocycles. The Labute approximate surface area is 272 Å². The van der Waals surface area contributed by atoms with Crippen molar-refractivity contribution in [1.82, 2.24) is 24.4 Å². The Morgan fingerprint density at radius 2 is 1.60 bits per heavy atom. The van der Waals surface area contributed by atoms with Crippen molar-refractivity contribution in [3.63, 3.8) is 0 Å². The molecule has 3 atom stereocenters. The lowest BCUT2D eigenvalue weighted by molar-refractivity contribution is -0.0931. The summed E-state index contributed by atoms with van der Waals surface area (Å²) in [5, 5.41) is 11.3. The fraction of sp³-hybridized carbons (Fsp3) is 0.314. The predicted octanol–water partition coefficient (Wildman–Crippen LogP) is 4.41. The summed E-state index contributed by atoms with van der Waals surface area (Å²) in [4.78, 5) is 30.2. The van der Waals surface area contributed by atoms with Crippen LogP contribution < -0.4 is 15.2 Å². The lowest BCUT2D eigenvalue weighted by Crippen LogP contribution is -2.38. The molecule has 3 aromatic carbocycles. The Hall–Kier alpha value is -5.04. The summed E-state index contributed by atoms with van der Waals surface area (Å²) in [5.41, 5.74) is 1.72. The molecule has 3 heterocycles. The van der Waals surface area contributed by atoms with Crippen LogP contribution in [0.25, 0.3) is 11.2 Å². The zero-order chi connectivity index (χ0) is 33.1. The molecule has 2 N–H and O–H groups in total. The number of aliphatic hydroxyl groups is 1. The highest BCUT2D eigenvalue weighted by Crippen LogP contribution is 2.43. The number of aromatic amines is 1. The van der Waals surface area contributed by atoms with Gasteiger partial charge in [0.25, 0.3) is 0 Å². The summed E-state index contributed by atoms with van der Waals surface area (Å²) < 4.78 is 25.9. The highest BCUT2D eigenvalue weighted by Gasteiger charge is 2.42. The average Bonchev–Trinajstić information content (AvgIpc) is 3.68. The minimum atomic E-state index is -1.07. The molecular formula is C35H38N6O6. The number of nitrogens with zero attached hydrogens (tertiary/aromatic N) is 5. The van der Waals surface area contributed by atoms with Crippen molar-refractivity contribution in [1.29, 1.82) is 0 Å². The van der Waals surface area contributed by atoms with Crippen LogP contribution in [0.5, 0.6) is 11.5 Å². The lowest BCUT2D eigenvalue weighted by Gasteiger charge is -2.37. The van der Waals surface area contributed by atoms with Crippen molar-refractivity contribution in [3.05, 3.63) is 112 Å². The zero-order valence-electron chi connectivity index (χ0n) is 27.0. The summed E-state index contributed by atoms with van der Waals surface area (Å²) in [6.07, 6.45) is -0.413. The van der Waals surface area contributed by atoms with E-state index in [2.05, 4.69) is 19.9 Å². The van der Waals surface area contributed by atoms with E-state index < -0.39 is 29.7 Å². The maximum absolute atomic E-state index is 12.5. The maximum atomic E-state index is 12.5. The molecule has 6 rings (SSSR count). The quantitative estimate of drug-likeness (QED) is 0.130. The van der Waals surface area contributed by atoms with E-state index in [-0.39, 0.29) is 13.0 Å². The Bertz CT molecular complexity index is 1860. The lowest BCUT2D eigenvalue weighted by atomic mass is 9.80. The molecule has 2 aromatic heterocycles. The standard InChI is InChI=1S/C35H38N6O6/c1-22(40(2)3)37-32-31-33(39-34(43)38-32)41(21-36-31)30-19-28(42)29(47-30)20-46-35(23-9-7-6-8-10-23,24-11-15-26(44-4)16-12-24)25-13-17-27(45-5)18-14-25/h6-18,21,28-30,42H,19-20H2,1-5H3,(H,38,39,43)/b37-22+/t28-,29+,30+/m0/s1. The van der Waals surface area contributed by atoms with Gasteiger partial charge in [-0.25, -0.2) is 14.8 Å². The van der Waals surface area contributed by atoms with E-state index in [1.165, 1.54) is 0 Å². The van der Waals surface area contributed by atoms with Crippen molar-refractivity contribution in [2.45, 2.75) is 37.4 Å². The van der Waals surface area contributed by atoms with Gasteiger partial charge in [0, 0.05) is 20.5 Å². The van der Waals surface area contributed by atoms with E-state index in [1.54, 1.807) is 25.1 Å². The topological polar surface area (TPSA) is 136 Å². The second kappa shape index (κ2) is 13.4. The molecule has 244 valence electrons. The predicted molar refractivity (Wildman–Crippen MR) is 177 cm³/mol. The average molecular weight is 639 g/mol. The first-order valence-corrected chi connectivity index (χ1v) is 15.2. The van der Waals surface area contributed by atoms with E-state index >= 15 is 0 Å². The molecule has 0 aliphatic carbocycles. The molecule has 47 heavy (non-hydrogen) atoms. The van der Waals surface area contributed by atoms with Crippen LogP contribution in [0.15, 0.2) is 95.0 Å². The van der Waals surface area contributed by atoms with Gasteiger partial charge in [0.15, 0.2) is 17.0 Å². The Morgan fingerprint density at radius 1 is 1.00 bits per heavy atom. The molecule has 0 amide bonds. The van der Waals surface area contributed by atoms with E-state index in [0.29, 0.717) is 34.3 Å². The summed E-state index contributed by atoms with van der Waals surface area (Å²) >= 11 is 0. The Balaban J connectivity index is 1.35. The minimum Gasteiger partial charge on any atom is -0.497 e. The third-order valence-electron chi connectivity index (χ3n) is 8.50. The first-order chi connectivity index (χ1) is 22.7. The van der Waals surface area contributed by atoms with Crippen molar-refractivity contribution in [2.75, 3.05) is 34.9 Å². The number of hydrogen-bond acceptors (Lipinski definition) is 9. The van der Waals surface area contributed by atoms with Crippen LogP contribution in [0.3, 0.4) is 0 Å². The molecule has 0 unspecified atom stereocenters. The number of imidazole rings is 1. The first kappa shape index (κ1) is 31.9. The number of amidine groups is 1. The Kier molecular flexibility index (Phi) is 9.08. The van der Waals surface area contributed by atoms with Crippen LogP contribution in [0.2, 0.25) is 0 Å². The van der Waals surface area contributed by atoms with E-state index in [9.17, 15) is 9.90 Å². The highest BCUT2D eigenvalue weighted by molar-refractivity contribution is 5.88. The number of ether oxygens (including phenoxy) is 4. The van der Waals surface area contributed by atoms with Crippen LogP contribution in [0.4, 0.5) is 5.82 Å². The van der Waals surface area contributed by atoms with Crippen molar-refractivity contribution in [3.8, 4) is 11.5 Å². The van der Waals surface area contributed by atoms with Crippen LogP contribution in [0, 0.1) is 0 Å². The van der Waals surface area contributed by atoms with Gasteiger partial charge in [0.05, 0.1) is 33.3 Å². The van der Waals surface area contributed by atoms with Gasteiger partial charge in [-0.15, -0.1) is 0 Å². The second-order valence-corrected chi connectivity index (χ2v) is 11.5. The van der Waals surface area contributed by atoms with Gasteiger partial charge < -0.3 is 29.0 Å². The minimum absolute atomic E-state index is 0.0445. The van der Waals surface area contributed by atoms with Crippen molar-refractivity contribution in [2.24, 2.45) is 4.99 Å². The van der Waals surface area contributed by atoms with Gasteiger partial charge in [-0.1, -0.05) is 54.6 Å². The van der Waals surface area contributed by atoms with Crippen LogP contribution >= 0.6 is 0 Å². The summed E-state index contributed by atoms with van der Waals surface area (Å²) in [5.74, 6) is 2.42. The molecule has 5 aromatic rings. The van der Waals surface area contributed by atoms with Gasteiger partial charge in [-0.2, -0.15) is 4.98 Å². The van der Waals surface area contributed by atoms with Crippen LogP contribution in [0.1, 0.15) is 36.3 Å². The second-order valence-electron chi connectivity index (χ2n) is 11.5. The molecular weight excluding hydrogens is 600 g/mol. The van der Waals surface area contributed by atoms with E-state index in [0.717, 1.165) is 16.7 Å². The molecule has 12 heteroatoms. The number of aromatic nitrogens is 4. The number of methoxy groups -OCH3 is 2. The van der Waals surface area contributed by atoms with Crippen LogP contribution in [-0.4, -0.2) is 82.5 Å². The molecule has 1 aliphatic heterocycles. The number of fused-ring (bicyclic) bond motifs is 1. The smallest absolute Gasteiger partial charge is 0.348 e. The molecule has 0 bridgehead atoms. The van der Waals surface area contributed by atoms with E-state index in [4.69, 9.17) is 18.9 Å². The molecule has 1 saturated heterocycles. The summed E-state index contributed by atoms with van der Waals surface area (Å²) in [6, 6.07) is 25.4. The zero-order valence-corrected chi connectivity index (χ0v) is 27.0. The maximum Gasteiger partial charge on any atom is 0.348 e. The number of rotatable bonds is 10. The third-order valence-corrected chi connectivity index (χ3v) is 8.50. The Morgan fingerprint density at radius 3 is 2.17 bits per heavy atom. The van der Waals surface area contributed by atoms with Crippen LogP contribution in [-0.2, 0) is 15.1 Å². The number of benzene rings is 3.